The minimum Gasteiger partial charge on any atom is -0.481 e. The summed E-state index contributed by atoms with van der Waals surface area (Å²) in [4.78, 5) is 11.4. The van der Waals surface area contributed by atoms with Crippen molar-refractivity contribution in [1.82, 2.24) is 0 Å². The molecule has 3 rings (SSSR count). The molecule has 5 nitrogen and oxygen atoms in total. The zero-order valence-corrected chi connectivity index (χ0v) is 19.6. The number of aliphatic hydroxyl groups is 2. The molecule has 0 aromatic heterocycles. The van der Waals surface area contributed by atoms with E-state index in [0.29, 0.717) is 24.9 Å². The van der Waals surface area contributed by atoms with Crippen molar-refractivity contribution in [3.05, 3.63) is 35.9 Å². The van der Waals surface area contributed by atoms with E-state index in [1.165, 1.54) is 5.56 Å². The van der Waals surface area contributed by atoms with Gasteiger partial charge in [-0.05, 0) is 81.1 Å². The SMILES string of the molecule is CCCC(CC[C@@H]1CC[C@@H]2[C@@H](CC[C@@H](O)CCc3ccccc3)[C@H](O)C[C@@H]2OC1)C(=O)O. The van der Waals surface area contributed by atoms with Crippen LogP contribution in [0.1, 0.15) is 76.7 Å². The van der Waals surface area contributed by atoms with Crippen molar-refractivity contribution in [3.8, 4) is 0 Å². The lowest BCUT2D eigenvalue weighted by Gasteiger charge is -2.24. The third-order valence-electron chi connectivity index (χ3n) is 7.80. The van der Waals surface area contributed by atoms with Gasteiger partial charge in [0.05, 0.1) is 24.2 Å². The Morgan fingerprint density at radius 1 is 1.09 bits per heavy atom. The summed E-state index contributed by atoms with van der Waals surface area (Å²) in [6.45, 7) is 2.72. The summed E-state index contributed by atoms with van der Waals surface area (Å²) in [5.41, 5.74) is 1.25. The molecule has 1 saturated heterocycles. The van der Waals surface area contributed by atoms with Gasteiger partial charge in [0.25, 0.3) is 0 Å². The van der Waals surface area contributed by atoms with Gasteiger partial charge in [0.15, 0.2) is 0 Å². The zero-order valence-electron chi connectivity index (χ0n) is 19.6. The number of aliphatic hydroxyl groups excluding tert-OH is 2. The Bertz CT molecular complexity index is 678. The Morgan fingerprint density at radius 2 is 1.88 bits per heavy atom. The summed E-state index contributed by atoms with van der Waals surface area (Å²) in [6.07, 6.45) is 8.65. The van der Waals surface area contributed by atoms with Gasteiger partial charge in [0.1, 0.15) is 0 Å². The third kappa shape index (κ3) is 7.29. The number of rotatable bonds is 12. The Hall–Kier alpha value is -1.43. The molecule has 1 aromatic carbocycles. The molecule has 1 aliphatic carbocycles. The molecule has 0 radical (unpaired) electrons. The number of hydrogen-bond donors (Lipinski definition) is 3. The van der Waals surface area contributed by atoms with Gasteiger partial charge in [0.2, 0.25) is 0 Å². The van der Waals surface area contributed by atoms with Crippen LogP contribution in [0.15, 0.2) is 30.3 Å². The summed E-state index contributed by atoms with van der Waals surface area (Å²) < 4.78 is 6.24. The quantitative estimate of drug-likeness (QED) is 0.428. The highest BCUT2D eigenvalue weighted by Crippen LogP contribution is 2.43. The maximum Gasteiger partial charge on any atom is 0.306 e. The first-order valence-electron chi connectivity index (χ1n) is 12.7. The normalized spacial score (nSPS) is 29.8. The summed E-state index contributed by atoms with van der Waals surface area (Å²) >= 11 is 0. The topological polar surface area (TPSA) is 87.0 Å². The van der Waals surface area contributed by atoms with E-state index in [1.807, 2.05) is 25.1 Å². The highest BCUT2D eigenvalue weighted by molar-refractivity contribution is 5.69. The lowest BCUT2D eigenvalue weighted by Crippen LogP contribution is -2.24. The van der Waals surface area contributed by atoms with E-state index in [2.05, 4.69) is 12.1 Å². The van der Waals surface area contributed by atoms with Gasteiger partial charge in [-0.25, -0.2) is 0 Å². The van der Waals surface area contributed by atoms with Crippen LogP contribution in [0, 0.1) is 23.7 Å². The molecule has 2 fully saturated rings. The molecule has 1 aromatic rings. The lowest BCUT2D eigenvalue weighted by atomic mass is 9.83. The van der Waals surface area contributed by atoms with Crippen molar-refractivity contribution in [1.29, 1.82) is 0 Å². The Kier molecular flexibility index (Phi) is 10.0. The average molecular weight is 447 g/mol. The summed E-state index contributed by atoms with van der Waals surface area (Å²) in [6, 6.07) is 10.3. The monoisotopic (exact) mass is 446 g/mol. The number of hydrogen-bond acceptors (Lipinski definition) is 4. The minimum atomic E-state index is -0.674. The molecule has 0 spiro atoms. The van der Waals surface area contributed by atoms with Crippen LogP contribution in [0.4, 0.5) is 0 Å². The number of carbonyl (C=O) groups is 1. The molecule has 2 aliphatic rings. The molecule has 1 heterocycles. The van der Waals surface area contributed by atoms with Crippen LogP contribution in [-0.2, 0) is 16.0 Å². The van der Waals surface area contributed by atoms with E-state index in [4.69, 9.17) is 4.74 Å². The molecular weight excluding hydrogens is 404 g/mol. The van der Waals surface area contributed by atoms with E-state index in [-0.39, 0.29) is 30.1 Å². The van der Waals surface area contributed by atoms with Gasteiger partial charge in [0, 0.05) is 13.0 Å². The second-order valence-corrected chi connectivity index (χ2v) is 10.1. The van der Waals surface area contributed by atoms with Gasteiger partial charge in [-0.3, -0.25) is 4.79 Å². The fourth-order valence-electron chi connectivity index (χ4n) is 5.83. The van der Waals surface area contributed by atoms with Crippen LogP contribution in [0.3, 0.4) is 0 Å². The number of fused-ring (bicyclic) bond motifs is 1. The summed E-state index contributed by atoms with van der Waals surface area (Å²) in [5, 5.41) is 30.6. The zero-order chi connectivity index (χ0) is 22.9. The average Bonchev–Trinajstić information content (AvgIpc) is 2.95. The third-order valence-corrected chi connectivity index (χ3v) is 7.80. The van der Waals surface area contributed by atoms with E-state index in [1.54, 1.807) is 0 Å². The van der Waals surface area contributed by atoms with Gasteiger partial charge in [-0.1, -0.05) is 43.7 Å². The Morgan fingerprint density at radius 3 is 2.59 bits per heavy atom. The maximum atomic E-state index is 11.4. The van der Waals surface area contributed by atoms with Crippen LogP contribution in [0.2, 0.25) is 0 Å². The Balaban J connectivity index is 1.44. The fourth-order valence-corrected chi connectivity index (χ4v) is 5.83. The molecule has 32 heavy (non-hydrogen) atoms. The van der Waals surface area contributed by atoms with Crippen molar-refractivity contribution in [2.45, 2.75) is 95.9 Å². The van der Waals surface area contributed by atoms with Gasteiger partial charge < -0.3 is 20.1 Å². The van der Waals surface area contributed by atoms with E-state index in [0.717, 1.165) is 64.2 Å². The number of carboxylic acid groups (broad SMARTS) is 1. The highest BCUT2D eigenvalue weighted by Gasteiger charge is 2.44. The number of ether oxygens (including phenoxy) is 1. The van der Waals surface area contributed by atoms with E-state index in [9.17, 15) is 20.1 Å². The van der Waals surface area contributed by atoms with Crippen LogP contribution in [-0.4, -0.2) is 46.2 Å². The highest BCUT2D eigenvalue weighted by atomic mass is 16.5. The second-order valence-electron chi connectivity index (χ2n) is 10.1. The molecule has 1 aliphatic heterocycles. The second kappa shape index (κ2) is 12.7. The Labute approximate surface area is 193 Å². The maximum absolute atomic E-state index is 11.4. The first-order chi connectivity index (χ1) is 15.5. The predicted octanol–water partition coefficient (Wildman–Crippen LogP) is 4.83. The molecular formula is C27H42O5. The van der Waals surface area contributed by atoms with Crippen molar-refractivity contribution in [3.63, 3.8) is 0 Å². The standard InChI is InChI=1S/C27H42O5/c1-2-6-21(27(30)31)12-9-20-11-15-24-23(25(29)17-26(24)32-18-20)16-14-22(28)13-10-19-7-4-3-5-8-19/h3-5,7-8,20-26,28-29H,2,6,9-18H2,1H3,(H,30,31)/t20-,21?,22+,23-,24-,25-,26+/m1/s1. The minimum absolute atomic E-state index is 0.104. The molecule has 0 bridgehead atoms. The fraction of sp³-hybridized carbons (Fsp3) is 0.741. The lowest BCUT2D eigenvalue weighted by molar-refractivity contribution is -0.142. The molecule has 0 amide bonds. The number of benzene rings is 1. The number of aliphatic carboxylic acids is 1. The number of aryl methyl sites for hydroxylation is 1. The smallest absolute Gasteiger partial charge is 0.306 e. The van der Waals surface area contributed by atoms with Crippen molar-refractivity contribution in [2.75, 3.05) is 6.61 Å². The molecule has 3 N–H and O–H groups in total. The predicted molar refractivity (Wildman–Crippen MR) is 125 cm³/mol. The summed E-state index contributed by atoms with van der Waals surface area (Å²) in [5.74, 6) is 0.0368. The van der Waals surface area contributed by atoms with Crippen molar-refractivity contribution < 1.29 is 24.9 Å². The van der Waals surface area contributed by atoms with E-state index >= 15 is 0 Å². The van der Waals surface area contributed by atoms with E-state index < -0.39 is 5.97 Å². The van der Waals surface area contributed by atoms with Crippen molar-refractivity contribution in [2.24, 2.45) is 23.7 Å². The van der Waals surface area contributed by atoms with Gasteiger partial charge >= 0.3 is 5.97 Å². The van der Waals surface area contributed by atoms with Crippen LogP contribution < -0.4 is 0 Å². The molecule has 1 unspecified atom stereocenters. The summed E-state index contributed by atoms with van der Waals surface area (Å²) in [7, 11) is 0. The first kappa shape index (κ1) is 25.2. The molecule has 7 atom stereocenters. The number of carboxylic acids is 1. The molecule has 180 valence electrons. The van der Waals surface area contributed by atoms with Crippen molar-refractivity contribution >= 4 is 5.97 Å². The van der Waals surface area contributed by atoms with Crippen LogP contribution in [0.25, 0.3) is 0 Å². The van der Waals surface area contributed by atoms with Gasteiger partial charge in [-0.2, -0.15) is 0 Å². The first-order valence-corrected chi connectivity index (χ1v) is 12.7. The van der Waals surface area contributed by atoms with Crippen LogP contribution in [0.5, 0.6) is 0 Å². The van der Waals surface area contributed by atoms with Gasteiger partial charge in [-0.15, -0.1) is 0 Å². The van der Waals surface area contributed by atoms with Crippen LogP contribution >= 0.6 is 0 Å². The molecule has 5 heteroatoms. The molecule has 1 saturated carbocycles. The largest absolute Gasteiger partial charge is 0.481 e.